The zero-order valence-corrected chi connectivity index (χ0v) is 8.40. The molecule has 0 radical (unpaired) electrons. The van der Waals surface area contributed by atoms with Gasteiger partial charge in [0.15, 0.2) is 5.12 Å². The highest BCUT2D eigenvalue weighted by atomic mass is 32.2. The second-order valence-electron chi connectivity index (χ2n) is 3.53. The van der Waals surface area contributed by atoms with Gasteiger partial charge in [-0.2, -0.15) is 0 Å². The minimum absolute atomic E-state index is 0.0451. The number of carboxylic acid groups (broad SMARTS) is 1. The fourth-order valence-electron chi connectivity index (χ4n) is 0.448. The van der Waals surface area contributed by atoms with Gasteiger partial charge in [-0.25, -0.2) is 0 Å². The number of hydrogen-bond donors (Lipinski definition) is 1. The number of aliphatic carboxylic acids is 1. The van der Waals surface area contributed by atoms with Crippen LogP contribution in [0.25, 0.3) is 0 Å². The Morgan fingerprint density at radius 2 is 1.83 bits per heavy atom. The summed E-state index contributed by atoms with van der Waals surface area (Å²) >= 11 is 1.09. The molecule has 0 atom stereocenters. The molecule has 0 spiro atoms. The van der Waals surface area contributed by atoms with Gasteiger partial charge in [-0.3, -0.25) is 9.59 Å². The summed E-state index contributed by atoms with van der Waals surface area (Å²) in [5.74, 6) is -0.491. The van der Waals surface area contributed by atoms with Crippen LogP contribution in [-0.2, 0) is 9.59 Å². The van der Waals surface area contributed by atoms with Crippen molar-refractivity contribution < 1.29 is 14.7 Å². The van der Waals surface area contributed by atoms with E-state index in [0.29, 0.717) is 5.75 Å². The third-order valence-electron chi connectivity index (χ3n) is 1.16. The van der Waals surface area contributed by atoms with Gasteiger partial charge in [-0.1, -0.05) is 32.5 Å². The molecule has 0 bridgehead atoms. The van der Waals surface area contributed by atoms with Crippen LogP contribution in [0.15, 0.2) is 0 Å². The van der Waals surface area contributed by atoms with E-state index in [2.05, 4.69) is 0 Å². The number of carbonyl (C=O) groups is 2. The van der Waals surface area contributed by atoms with E-state index in [1.165, 1.54) is 0 Å². The highest BCUT2D eigenvalue weighted by molar-refractivity contribution is 8.13. The molecule has 4 heteroatoms. The molecule has 0 amide bonds. The van der Waals surface area contributed by atoms with Crippen LogP contribution in [0.2, 0.25) is 0 Å². The van der Waals surface area contributed by atoms with Gasteiger partial charge in [-0.15, -0.1) is 0 Å². The van der Waals surface area contributed by atoms with Crippen molar-refractivity contribution in [1.29, 1.82) is 0 Å². The fraction of sp³-hybridized carbons (Fsp3) is 0.750. The monoisotopic (exact) mass is 190 g/mol. The van der Waals surface area contributed by atoms with Gasteiger partial charge in [0.1, 0.15) is 0 Å². The molecule has 0 aliphatic heterocycles. The first-order valence-corrected chi connectivity index (χ1v) is 4.71. The summed E-state index contributed by atoms with van der Waals surface area (Å²) in [5, 5.41) is 8.35. The summed E-state index contributed by atoms with van der Waals surface area (Å²) in [6.45, 7) is 5.47. The molecule has 0 aliphatic rings. The molecule has 0 saturated heterocycles. The maximum absolute atomic E-state index is 11.2. The van der Waals surface area contributed by atoms with E-state index >= 15 is 0 Å². The van der Waals surface area contributed by atoms with Gasteiger partial charge in [0, 0.05) is 11.2 Å². The lowest BCUT2D eigenvalue weighted by Gasteiger charge is -2.14. The van der Waals surface area contributed by atoms with E-state index < -0.39 is 5.97 Å². The van der Waals surface area contributed by atoms with Crippen molar-refractivity contribution in [1.82, 2.24) is 0 Å². The van der Waals surface area contributed by atoms with Crippen LogP contribution in [0.1, 0.15) is 27.2 Å². The number of hydrogen-bond acceptors (Lipinski definition) is 3. The predicted octanol–water partition coefficient (Wildman–Crippen LogP) is 1.77. The van der Waals surface area contributed by atoms with Crippen molar-refractivity contribution in [2.45, 2.75) is 27.2 Å². The summed E-state index contributed by atoms with van der Waals surface area (Å²) in [6, 6.07) is 0. The summed E-state index contributed by atoms with van der Waals surface area (Å²) in [7, 11) is 0. The van der Waals surface area contributed by atoms with Crippen LogP contribution in [0, 0.1) is 5.41 Å². The predicted molar refractivity (Wildman–Crippen MR) is 49.2 cm³/mol. The molecule has 1 N–H and O–H groups in total. The minimum Gasteiger partial charge on any atom is -0.481 e. The second kappa shape index (κ2) is 4.50. The Morgan fingerprint density at radius 3 is 2.17 bits per heavy atom. The third kappa shape index (κ3) is 5.18. The largest absolute Gasteiger partial charge is 0.481 e. The van der Waals surface area contributed by atoms with Crippen molar-refractivity contribution >= 4 is 22.8 Å². The smallest absolute Gasteiger partial charge is 0.304 e. The van der Waals surface area contributed by atoms with Crippen LogP contribution in [0.4, 0.5) is 0 Å². The number of carbonyl (C=O) groups excluding carboxylic acids is 1. The van der Waals surface area contributed by atoms with Gasteiger partial charge in [0.2, 0.25) is 0 Å². The molecular weight excluding hydrogens is 176 g/mol. The maximum Gasteiger partial charge on any atom is 0.304 e. The molecule has 12 heavy (non-hydrogen) atoms. The first kappa shape index (κ1) is 11.5. The first-order valence-electron chi connectivity index (χ1n) is 3.73. The van der Waals surface area contributed by atoms with Gasteiger partial charge in [0.05, 0.1) is 6.42 Å². The molecule has 0 aromatic carbocycles. The number of carboxylic acids is 1. The SMILES string of the molecule is CC(C)(C)C(=O)SCCC(=O)O. The molecule has 0 heterocycles. The Morgan fingerprint density at radius 1 is 1.33 bits per heavy atom. The molecule has 0 fully saturated rings. The second-order valence-corrected chi connectivity index (χ2v) is 4.60. The van der Waals surface area contributed by atoms with Crippen molar-refractivity contribution in [3.8, 4) is 0 Å². The molecule has 0 aromatic rings. The van der Waals surface area contributed by atoms with E-state index in [0.717, 1.165) is 11.8 Å². The fourth-order valence-corrected chi connectivity index (χ4v) is 1.34. The normalized spacial score (nSPS) is 11.2. The van der Waals surface area contributed by atoms with Crippen LogP contribution in [-0.4, -0.2) is 21.9 Å². The highest BCUT2D eigenvalue weighted by Crippen LogP contribution is 2.22. The standard InChI is InChI=1S/C8H14O3S/c1-8(2,3)7(11)12-5-4-6(9)10/h4-5H2,1-3H3,(H,9,10). The van der Waals surface area contributed by atoms with E-state index in [-0.39, 0.29) is 17.0 Å². The lowest BCUT2D eigenvalue weighted by atomic mass is 10.00. The Labute approximate surface area is 76.5 Å². The Kier molecular flexibility index (Phi) is 4.31. The van der Waals surface area contributed by atoms with Crippen LogP contribution >= 0.6 is 11.8 Å². The molecule has 0 rings (SSSR count). The highest BCUT2D eigenvalue weighted by Gasteiger charge is 2.21. The zero-order chi connectivity index (χ0) is 9.78. The molecule has 0 aromatic heterocycles. The van der Waals surface area contributed by atoms with Crippen LogP contribution in [0.5, 0.6) is 0 Å². The number of thioether (sulfide) groups is 1. The van der Waals surface area contributed by atoms with Gasteiger partial charge >= 0.3 is 5.97 Å². The van der Waals surface area contributed by atoms with E-state index in [9.17, 15) is 9.59 Å². The summed E-state index contributed by atoms with van der Waals surface area (Å²) in [4.78, 5) is 21.3. The molecule has 70 valence electrons. The molecular formula is C8H14O3S. The Bertz CT molecular complexity index is 181. The maximum atomic E-state index is 11.2. The topological polar surface area (TPSA) is 54.4 Å². The average molecular weight is 190 g/mol. The Balaban J connectivity index is 3.66. The first-order chi connectivity index (χ1) is 5.34. The van der Waals surface area contributed by atoms with Crippen LogP contribution < -0.4 is 0 Å². The quantitative estimate of drug-likeness (QED) is 0.736. The zero-order valence-electron chi connectivity index (χ0n) is 7.59. The van der Waals surface area contributed by atoms with Crippen molar-refractivity contribution in [2.75, 3.05) is 5.75 Å². The summed E-state index contributed by atoms with van der Waals surface area (Å²) < 4.78 is 0. The molecule has 0 unspecified atom stereocenters. The van der Waals surface area contributed by atoms with Crippen molar-refractivity contribution in [2.24, 2.45) is 5.41 Å². The average Bonchev–Trinajstić information content (AvgIpc) is 1.84. The van der Waals surface area contributed by atoms with Gasteiger partial charge in [-0.05, 0) is 0 Å². The van der Waals surface area contributed by atoms with E-state index in [4.69, 9.17) is 5.11 Å². The summed E-state index contributed by atoms with van der Waals surface area (Å²) in [5.41, 5.74) is -0.372. The molecule has 0 aliphatic carbocycles. The lowest BCUT2D eigenvalue weighted by molar-refractivity contribution is -0.136. The third-order valence-corrected chi connectivity index (χ3v) is 2.44. The number of rotatable bonds is 3. The molecule has 0 saturated carbocycles. The minimum atomic E-state index is -0.857. The molecule has 3 nitrogen and oxygen atoms in total. The lowest BCUT2D eigenvalue weighted by Crippen LogP contribution is -2.17. The van der Waals surface area contributed by atoms with Gasteiger partial charge in [0.25, 0.3) is 0 Å². The van der Waals surface area contributed by atoms with E-state index in [1.54, 1.807) is 0 Å². The summed E-state index contributed by atoms with van der Waals surface area (Å²) in [6.07, 6.45) is 0.0481. The van der Waals surface area contributed by atoms with Crippen LogP contribution in [0.3, 0.4) is 0 Å². The van der Waals surface area contributed by atoms with Crippen molar-refractivity contribution in [3.63, 3.8) is 0 Å². The van der Waals surface area contributed by atoms with E-state index in [1.807, 2.05) is 20.8 Å². The van der Waals surface area contributed by atoms with Gasteiger partial charge < -0.3 is 5.11 Å². The Hall–Kier alpha value is -0.510. The van der Waals surface area contributed by atoms with Crippen molar-refractivity contribution in [3.05, 3.63) is 0 Å².